The van der Waals surface area contributed by atoms with Gasteiger partial charge < -0.3 is 4.98 Å². The molecule has 0 radical (unpaired) electrons. The van der Waals surface area contributed by atoms with Crippen molar-refractivity contribution >= 4 is 20.9 Å². The minimum atomic E-state index is -3.28. The van der Waals surface area contributed by atoms with E-state index in [9.17, 15) is 17.2 Å². The Kier molecular flexibility index (Phi) is 3.02. The van der Waals surface area contributed by atoms with Gasteiger partial charge in [-0.1, -0.05) is 0 Å². The summed E-state index contributed by atoms with van der Waals surface area (Å²) in [4.78, 5) is 7.06. The van der Waals surface area contributed by atoms with Crippen LogP contribution < -0.4 is 0 Å². The molecule has 2 aromatic carbocycles. The molecule has 0 aliphatic heterocycles. The molecule has 0 bridgehead atoms. The van der Waals surface area contributed by atoms with Crippen LogP contribution >= 0.6 is 0 Å². The summed E-state index contributed by atoms with van der Waals surface area (Å²) in [6, 6.07) is 7.91. The minimum Gasteiger partial charge on any atom is -0.338 e. The molecule has 1 heterocycles. The van der Waals surface area contributed by atoms with Gasteiger partial charge in [0.2, 0.25) is 0 Å². The molecule has 0 aliphatic carbocycles. The fourth-order valence-corrected chi connectivity index (χ4v) is 2.67. The summed E-state index contributed by atoms with van der Waals surface area (Å²) in [5, 5.41) is 0. The number of sulfone groups is 1. The molecule has 1 N–H and O–H groups in total. The van der Waals surface area contributed by atoms with E-state index in [2.05, 4.69) is 9.97 Å². The van der Waals surface area contributed by atoms with E-state index in [1.54, 1.807) is 12.1 Å². The number of rotatable bonds is 2. The van der Waals surface area contributed by atoms with E-state index in [1.807, 2.05) is 0 Å². The minimum absolute atomic E-state index is 0.0404. The maximum absolute atomic E-state index is 13.6. The van der Waals surface area contributed by atoms with E-state index in [0.717, 1.165) is 18.4 Å². The van der Waals surface area contributed by atoms with Crippen LogP contribution in [0.25, 0.3) is 22.4 Å². The fourth-order valence-electron chi connectivity index (χ4n) is 2.04. The second-order valence-electron chi connectivity index (χ2n) is 4.67. The lowest BCUT2D eigenvalue weighted by atomic mass is 10.2. The van der Waals surface area contributed by atoms with E-state index in [1.165, 1.54) is 12.1 Å². The lowest BCUT2D eigenvalue weighted by Gasteiger charge is -1.99. The number of hydrogen-bond acceptors (Lipinski definition) is 3. The topological polar surface area (TPSA) is 62.8 Å². The van der Waals surface area contributed by atoms with Crippen molar-refractivity contribution in [2.75, 3.05) is 6.26 Å². The zero-order chi connectivity index (χ0) is 15.2. The lowest BCUT2D eigenvalue weighted by molar-refractivity contribution is 0.590. The number of H-pyrrole nitrogens is 1. The summed E-state index contributed by atoms with van der Waals surface area (Å²) in [6.07, 6.45) is 1.11. The van der Waals surface area contributed by atoms with Gasteiger partial charge in [0.15, 0.2) is 15.7 Å². The third-order valence-electron chi connectivity index (χ3n) is 3.06. The van der Waals surface area contributed by atoms with Crippen LogP contribution in [0.1, 0.15) is 0 Å². The Morgan fingerprint density at radius 2 is 1.76 bits per heavy atom. The Morgan fingerprint density at radius 1 is 1.10 bits per heavy atom. The van der Waals surface area contributed by atoms with Gasteiger partial charge in [-0.2, -0.15) is 0 Å². The van der Waals surface area contributed by atoms with Gasteiger partial charge in [0.25, 0.3) is 0 Å². The quantitative estimate of drug-likeness (QED) is 0.792. The average Bonchev–Trinajstić information content (AvgIpc) is 2.82. The molecule has 4 nitrogen and oxygen atoms in total. The smallest absolute Gasteiger partial charge is 0.175 e. The molecule has 0 saturated heterocycles. The van der Waals surface area contributed by atoms with Gasteiger partial charge in [-0.3, -0.25) is 0 Å². The number of nitrogens with one attached hydrogen (secondary N) is 1. The van der Waals surface area contributed by atoms with Crippen LogP contribution in [0.4, 0.5) is 8.78 Å². The maximum Gasteiger partial charge on any atom is 0.175 e. The summed E-state index contributed by atoms with van der Waals surface area (Å²) in [7, 11) is -3.28. The van der Waals surface area contributed by atoms with E-state index >= 15 is 0 Å². The molecule has 3 rings (SSSR count). The summed E-state index contributed by atoms with van der Waals surface area (Å²) in [5.74, 6) is -1.10. The zero-order valence-electron chi connectivity index (χ0n) is 10.9. The first-order valence-electron chi connectivity index (χ1n) is 6.00. The Hall–Kier alpha value is -2.28. The standard InChI is InChI=1S/C14H10F2N2O2S/c1-21(19,20)10-4-2-8(3-5-10)14-17-12-7-9(15)6-11(16)13(12)18-14/h2-7H,1H3,(H,17,18). The Balaban J connectivity index is 2.10. The van der Waals surface area contributed by atoms with Crippen molar-refractivity contribution < 1.29 is 17.2 Å². The van der Waals surface area contributed by atoms with Crippen molar-refractivity contribution in [2.24, 2.45) is 0 Å². The number of aromatic amines is 1. The fraction of sp³-hybridized carbons (Fsp3) is 0.0714. The first-order valence-corrected chi connectivity index (χ1v) is 7.89. The molecule has 21 heavy (non-hydrogen) atoms. The van der Waals surface area contributed by atoms with Crippen molar-refractivity contribution in [3.8, 4) is 11.4 Å². The molecule has 0 atom stereocenters. The molecule has 3 aromatic rings. The van der Waals surface area contributed by atoms with Crippen LogP contribution in [0, 0.1) is 11.6 Å². The van der Waals surface area contributed by atoms with Crippen molar-refractivity contribution in [1.82, 2.24) is 9.97 Å². The monoisotopic (exact) mass is 308 g/mol. The summed E-state index contributed by atoms with van der Waals surface area (Å²) >= 11 is 0. The molecule has 0 aliphatic rings. The van der Waals surface area contributed by atoms with Gasteiger partial charge in [-0.25, -0.2) is 22.2 Å². The van der Waals surface area contributed by atoms with Crippen LogP contribution in [0.3, 0.4) is 0 Å². The van der Waals surface area contributed by atoms with Gasteiger partial charge in [0, 0.05) is 17.9 Å². The highest BCUT2D eigenvalue weighted by Gasteiger charge is 2.12. The first kappa shape index (κ1) is 13.7. The third-order valence-corrected chi connectivity index (χ3v) is 4.19. The van der Waals surface area contributed by atoms with Crippen molar-refractivity contribution in [1.29, 1.82) is 0 Å². The van der Waals surface area contributed by atoms with Gasteiger partial charge in [-0.05, 0) is 30.3 Å². The maximum atomic E-state index is 13.6. The van der Waals surface area contributed by atoms with E-state index in [4.69, 9.17) is 0 Å². The predicted octanol–water partition coefficient (Wildman–Crippen LogP) is 2.91. The van der Waals surface area contributed by atoms with Crippen LogP contribution in [0.2, 0.25) is 0 Å². The summed E-state index contributed by atoms with van der Waals surface area (Å²) in [5.41, 5.74) is 0.867. The zero-order valence-corrected chi connectivity index (χ0v) is 11.7. The number of nitrogens with zero attached hydrogens (tertiary/aromatic N) is 1. The van der Waals surface area contributed by atoms with E-state index in [0.29, 0.717) is 11.4 Å². The Morgan fingerprint density at radius 3 is 2.38 bits per heavy atom. The normalized spacial score (nSPS) is 12.0. The molecule has 0 spiro atoms. The van der Waals surface area contributed by atoms with Crippen LogP contribution in [0.15, 0.2) is 41.3 Å². The van der Waals surface area contributed by atoms with Gasteiger partial charge in [0.05, 0.1) is 10.4 Å². The highest BCUT2D eigenvalue weighted by Crippen LogP contribution is 2.24. The van der Waals surface area contributed by atoms with Gasteiger partial charge in [-0.15, -0.1) is 0 Å². The van der Waals surface area contributed by atoms with Crippen molar-refractivity contribution in [3.63, 3.8) is 0 Å². The Bertz CT molecular complexity index is 932. The number of hydrogen-bond donors (Lipinski definition) is 1. The molecule has 0 amide bonds. The highest BCUT2D eigenvalue weighted by molar-refractivity contribution is 7.90. The van der Waals surface area contributed by atoms with E-state index in [-0.39, 0.29) is 15.9 Å². The molecule has 108 valence electrons. The second kappa shape index (κ2) is 4.63. The first-order chi connectivity index (χ1) is 9.84. The number of benzene rings is 2. The molecule has 7 heteroatoms. The largest absolute Gasteiger partial charge is 0.338 e. The Labute approximate surface area is 119 Å². The molecule has 0 saturated carbocycles. The number of imidazole rings is 1. The van der Waals surface area contributed by atoms with Gasteiger partial charge >= 0.3 is 0 Å². The predicted molar refractivity (Wildman–Crippen MR) is 74.6 cm³/mol. The number of fused-ring (bicyclic) bond motifs is 1. The molecular formula is C14H10F2N2O2S. The lowest BCUT2D eigenvalue weighted by Crippen LogP contribution is -1.96. The van der Waals surface area contributed by atoms with Crippen LogP contribution in [-0.4, -0.2) is 24.6 Å². The molecule has 0 unspecified atom stereocenters. The summed E-state index contributed by atoms with van der Waals surface area (Å²) < 4.78 is 49.5. The second-order valence-corrected chi connectivity index (χ2v) is 6.68. The SMILES string of the molecule is CS(=O)(=O)c1ccc(-c2nc3c(F)cc(F)cc3[nH]2)cc1. The summed E-state index contributed by atoms with van der Waals surface area (Å²) in [6.45, 7) is 0. The van der Waals surface area contributed by atoms with Crippen LogP contribution in [0.5, 0.6) is 0 Å². The highest BCUT2D eigenvalue weighted by atomic mass is 32.2. The van der Waals surface area contributed by atoms with E-state index < -0.39 is 21.5 Å². The molecule has 1 aromatic heterocycles. The van der Waals surface area contributed by atoms with Gasteiger partial charge in [0.1, 0.15) is 17.2 Å². The molecular weight excluding hydrogens is 298 g/mol. The third kappa shape index (κ3) is 2.52. The average molecular weight is 308 g/mol. The van der Waals surface area contributed by atoms with Crippen molar-refractivity contribution in [3.05, 3.63) is 48.0 Å². The molecule has 0 fully saturated rings. The van der Waals surface area contributed by atoms with Crippen molar-refractivity contribution in [2.45, 2.75) is 4.90 Å². The number of halogens is 2. The number of aromatic nitrogens is 2. The van der Waals surface area contributed by atoms with Crippen LogP contribution in [-0.2, 0) is 9.84 Å².